The van der Waals surface area contributed by atoms with Crippen molar-refractivity contribution in [3.63, 3.8) is 0 Å². The van der Waals surface area contributed by atoms with E-state index in [4.69, 9.17) is 4.74 Å². The molecule has 1 aromatic carbocycles. The Morgan fingerprint density at radius 3 is 2.57 bits per heavy atom. The number of hydrogen-bond donors (Lipinski definition) is 2. The number of hydrogen-bond acceptors (Lipinski definition) is 4. The first-order valence-electron chi connectivity index (χ1n) is 7.54. The van der Waals surface area contributed by atoms with E-state index in [1.807, 2.05) is 32.2 Å². The van der Waals surface area contributed by atoms with Gasteiger partial charge in [0.2, 0.25) is 5.91 Å². The van der Waals surface area contributed by atoms with Crippen LogP contribution in [0.4, 0.5) is 5.69 Å². The van der Waals surface area contributed by atoms with Crippen molar-refractivity contribution in [1.29, 1.82) is 0 Å². The lowest BCUT2D eigenvalue weighted by Crippen LogP contribution is -2.36. The first-order valence-corrected chi connectivity index (χ1v) is 7.54. The number of halogens is 2. The van der Waals surface area contributed by atoms with Gasteiger partial charge in [-0.3, -0.25) is 9.69 Å². The molecule has 132 valence electrons. The lowest BCUT2D eigenvalue weighted by molar-refractivity contribution is -0.119. The minimum Gasteiger partial charge on any atom is -0.379 e. The fourth-order valence-corrected chi connectivity index (χ4v) is 2.44. The van der Waals surface area contributed by atoms with E-state index in [1.54, 1.807) is 0 Å². The summed E-state index contributed by atoms with van der Waals surface area (Å²) in [5, 5.41) is 6.08. The molecule has 1 atom stereocenters. The second-order valence-electron chi connectivity index (χ2n) is 5.49. The molecule has 1 fully saturated rings. The molecule has 1 saturated heterocycles. The third kappa shape index (κ3) is 7.06. The Hall–Kier alpha value is -0.850. The van der Waals surface area contributed by atoms with Crippen molar-refractivity contribution in [2.75, 3.05) is 45.2 Å². The van der Waals surface area contributed by atoms with Crippen LogP contribution < -0.4 is 10.6 Å². The third-order valence-corrected chi connectivity index (χ3v) is 3.73. The molecule has 0 bridgehead atoms. The van der Waals surface area contributed by atoms with Crippen LogP contribution >= 0.6 is 24.8 Å². The van der Waals surface area contributed by atoms with E-state index in [0.717, 1.165) is 44.1 Å². The average Bonchev–Trinajstić information content (AvgIpc) is 2.50. The van der Waals surface area contributed by atoms with Crippen LogP contribution in [0, 0.1) is 5.92 Å². The van der Waals surface area contributed by atoms with Gasteiger partial charge >= 0.3 is 0 Å². The van der Waals surface area contributed by atoms with E-state index in [0.29, 0.717) is 6.54 Å². The highest BCUT2D eigenvalue weighted by molar-refractivity contribution is 5.93. The zero-order chi connectivity index (χ0) is 15.1. The molecule has 0 radical (unpaired) electrons. The van der Waals surface area contributed by atoms with Gasteiger partial charge in [-0.2, -0.15) is 0 Å². The zero-order valence-electron chi connectivity index (χ0n) is 13.7. The number of benzene rings is 1. The van der Waals surface area contributed by atoms with E-state index in [-0.39, 0.29) is 36.6 Å². The summed E-state index contributed by atoms with van der Waals surface area (Å²) in [4.78, 5) is 14.5. The lowest BCUT2D eigenvalue weighted by atomic mass is 10.1. The smallest absolute Gasteiger partial charge is 0.228 e. The summed E-state index contributed by atoms with van der Waals surface area (Å²) in [6.45, 7) is 6.91. The largest absolute Gasteiger partial charge is 0.379 e. The van der Waals surface area contributed by atoms with E-state index in [9.17, 15) is 4.79 Å². The molecule has 2 N–H and O–H groups in total. The first-order chi connectivity index (χ1) is 10.2. The number of rotatable bonds is 6. The first kappa shape index (κ1) is 22.1. The molecule has 7 heteroatoms. The Morgan fingerprint density at radius 1 is 1.26 bits per heavy atom. The van der Waals surface area contributed by atoms with Gasteiger partial charge in [-0.25, -0.2) is 0 Å². The minimum absolute atomic E-state index is 0. The predicted octanol–water partition coefficient (Wildman–Crippen LogP) is 2.16. The summed E-state index contributed by atoms with van der Waals surface area (Å²) >= 11 is 0. The standard InChI is InChI=1S/C16H25N3O2.2ClH/c1-13(11-17-2)16(20)18-15-6-4-3-5-14(15)12-19-7-9-21-10-8-19;;/h3-6,13,17H,7-12H2,1-2H3,(H,18,20);2*1H. The van der Waals surface area contributed by atoms with Crippen molar-refractivity contribution in [3.05, 3.63) is 29.8 Å². The van der Waals surface area contributed by atoms with Crippen molar-refractivity contribution in [1.82, 2.24) is 10.2 Å². The van der Waals surface area contributed by atoms with E-state index in [1.165, 1.54) is 0 Å². The molecule has 1 unspecified atom stereocenters. The van der Waals surface area contributed by atoms with Crippen LogP contribution in [0.5, 0.6) is 0 Å². The average molecular weight is 364 g/mol. The van der Waals surface area contributed by atoms with Crippen LogP contribution in [-0.2, 0) is 16.1 Å². The van der Waals surface area contributed by atoms with E-state index in [2.05, 4.69) is 21.6 Å². The van der Waals surface area contributed by atoms with Gasteiger partial charge in [0.15, 0.2) is 0 Å². The van der Waals surface area contributed by atoms with Crippen molar-refractivity contribution in [3.8, 4) is 0 Å². The molecule has 0 spiro atoms. The number of para-hydroxylation sites is 1. The number of nitrogens with zero attached hydrogens (tertiary/aromatic N) is 1. The molecule has 1 aromatic rings. The summed E-state index contributed by atoms with van der Waals surface area (Å²) in [7, 11) is 1.86. The molecule has 1 amide bonds. The highest BCUT2D eigenvalue weighted by Crippen LogP contribution is 2.18. The molecule has 1 heterocycles. The molecule has 23 heavy (non-hydrogen) atoms. The highest BCUT2D eigenvalue weighted by Gasteiger charge is 2.16. The van der Waals surface area contributed by atoms with Crippen LogP contribution in [-0.4, -0.2) is 50.7 Å². The SMILES string of the molecule is CNCC(C)C(=O)Nc1ccccc1CN1CCOCC1.Cl.Cl. The van der Waals surface area contributed by atoms with Gasteiger partial charge in [-0.15, -0.1) is 24.8 Å². The Bertz CT molecular complexity index is 468. The molecule has 1 aliphatic heterocycles. The molecule has 0 aliphatic carbocycles. The van der Waals surface area contributed by atoms with Crippen LogP contribution in [0.3, 0.4) is 0 Å². The quantitative estimate of drug-likeness (QED) is 0.812. The number of carbonyl (C=O) groups is 1. The van der Waals surface area contributed by atoms with Crippen molar-refractivity contribution >= 4 is 36.4 Å². The molecular weight excluding hydrogens is 337 g/mol. The maximum atomic E-state index is 12.2. The summed E-state index contributed by atoms with van der Waals surface area (Å²) in [5.74, 6) is 0.00483. The van der Waals surface area contributed by atoms with Gasteiger partial charge in [0.1, 0.15) is 0 Å². The Labute approximate surface area is 151 Å². The normalized spacial score (nSPS) is 15.9. The number of ether oxygens (including phenoxy) is 1. The van der Waals surface area contributed by atoms with Crippen LogP contribution in [0.1, 0.15) is 12.5 Å². The zero-order valence-corrected chi connectivity index (χ0v) is 15.3. The monoisotopic (exact) mass is 363 g/mol. The van der Waals surface area contributed by atoms with Gasteiger partial charge < -0.3 is 15.4 Å². The molecule has 2 rings (SSSR count). The van der Waals surface area contributed by atoms with Crippen LogP contribution in [0.15, 0.2) is 24.3 Å². The lowest BCUT2D eigenvalue weighted by Gasteiger charge is -2.27. The number of carbonyl (C=O) groups excluding carboxylic acids is 1. The fourth-order valence-electron chi connectivity index (χ4n) is 2.44. The van der Waals surface area contributed by atoms with Crippen molar-refractivity contribution in [2.45, 2.75) is 13.5 Å². The van der Waals surface area contributed by atoms with Gasteiger partial charge in [0.25, 0.3) is 0 Å². The second kappa shape index (κ2) is 11.6. The predicted molar refractivity (Wildman–Crippen MR) is 98.8 cm³/mol. The van der Waals surface area contributed by atoms with Gasteiger partial charge in [0, 0.05) is 37.8 Å². The second-order valence-corrected chi connectivity index (χ2v) is 5.49. The van der Waals surface area contributed by atoms with Gasteiger partial charge in [-0.1, -0.05) is 25.1 Å². The van der Waals surface area contributed by atoms with Crippen molar-refractivity contribution in [2.24, 2.45) is 5.92 Å². The van der Waals surface area contributed by atoms with Crippen LogP contribution in [0.25, 0.3) is 0 Å². The Morgan fingerprint density at radius 2 is 1.91 bits per heavy atom. The number of amides is 1. The maximum Gasteiger partial charge on any atom is 0.228 e. The summed E-state index contributed by atoms with van der Waals surface area (Å²) in [5.41, 5.74) is 2.07. The topological polar surface area (TPSA) is 53.6 Å². The maximum absolute atomic E-state index is 12.2. The Kier molecular flexibility index (Phi) is 11.2. The van der Waals surface area contributed by atoms with Crippen molar-refractivity contribution < 1.29 is 9.53 Å². The number of nitrogens with one attached hydrogen (secondary N) is 2. The molecular formula is C16H27Cl2N3O2. The number of anilines is 1. The van der Waals surface area contributed by atoms with Crippen LogP contribution in [0.2, 0.25) is 0 Å². The minimum atomic E-state index is -0.0496. The molecule has 0 aromatic heterocycles. The van der Waals surface area contributed by atoms with E-state index >= 15 is 0 Å². The summed E-state index contributed by atoms with van der Waals surface area (Å²) in [6.07, 6.45) is 0. The molecule has 1 aliphatic rings. The molecule has 5 nitrogen and oxygen atoms in total. The highest BCUT2D eigenvalue weighted by atomic mass is 35.5. The third-order valence-electron chi connectivity index (χ3n) is 3.73. The fraction of sp³-hybridized carbons (Fsp3) is 0.562. The van der Waals surface area contributed by atoms with Gasteiger partial charge in [0.05, 0.1) is 13.2 Å². The summed E-state index contributed by atoms with van der Waals surface area (Å²) in [6, 6.07) is 8.03. The van der Waals surface area contributed by atoms with E-state index < -0.39 is 0 Å². The Balaban J connectivity index is 0.00000242. The summed E-state index contributed by atoms with van der Waals surface area (Å²) < 4.78 is 5.37. The van der Waals surface area contributed by atoms with Gasteiger partial charge in [-0.05, 0) is 18.7 Å². The molecule has 0 saturated carbocycles. The number of morpholine rings is 1.